The van der Waals surface area contributed by atoms with Crippen LogP contribution >= 0.6 is 0 Å². The normalized spacial score (nSPS) is 22.8. The SMILES string of the molecule is CC1CCCCCN1C(=O)C(=O)C(C)(C)C. The summed E-state index contributed by atoms with van der Waals surface area (Å²) in [4.78, 5) is 25.8. The Labute approximate surface area is 98.2 Å². The number of likely N-dealkylation sites (tertiary alicyclic amines) is 1. The van der Waals surface area contributed by atoms with Crippen LogP contribution in [0, 0.1) is 5.41 Å². The van der Waals surface area contributed by atoms with E-state index in [-0.39, 0.29) is 17.7 Å². The molecule has 1 atom stereocenters. The number of ketones is 1. The van der Waals surface area contributed by atoms with E-state index in [1.807, 2.05) is 6.92 Å². The number of carbonyl (C=O) groups excluding carboxylic acids is 2. The Hall–Kier alpha value is -0.860. The van der Waals surface area contributed by atoms with E-state index >= 15 is 0 Å². The maximum atomic E-state index is 12.1. The lowest BCUT2D eigenvalue weighted by atomic mass is 9.89. The molecule has 16 heavy (non-hydrogen) atoms. The van der Waals surface area contributed by atoms with E-state index in [0.717, 1.165) is 32.2 Å². The Bertz CT molecular complexity index is 278. The zero-order chi connectivity index (χ0) is 12.3. The molecule has 1 aliphatic rings. The van der Waals surface area contributed by atoms with E-state index in [1.165, 1.54) is 0 Å². The summed E-state index contributed by atoms with van der Waals surface area (Å²) in [5.74, 6) is -0.553. The molecule has 0 aromatic rings. The number of nitrogens with zero attached hydrogens (tertiary/aromatic N) is 1. The summed E-state index contributed by atoms with van der Waals surface area (Å²) in [7, 11) is 0. The smallest absolute Gasteiger partial charge is 0.290 e. The summed E-state index contributed by atoms with van der Waals surface area (Å²) < 4.78 is 0. The fourth-order valence-corrected chi connectivity index (χ4v) is 2.03. The quantitative estimate of drug-likeness (QED) is 0.643. The van der Waals surface area contributed by atoms with Gasteiger partial charge in [0, 0.05) is 18.0 Å². The summed E-state index contributed by atoms with van der Waals surface area (Å²) in [6.45, 7) is 8.18. The number of amides is 1. The van der Waals surface area contributed by atoms with Gasteiger partial charge in [0.15, 0.2) is 0 Å². The molecule has 1 rings (SSSR count). The van der Waals surface area contributed by atoms with Crippen LogP contribution in [0.1, 0.15) is 53.4 Å². The van der Waals surface area contributed by atoms with Crippen LogP contribution in [-0.2, 0) is 9.59 Å². The van der Waals surface area contributed by atoms with Crippen molar-refractivity contribution in [2.75, 3.05) is 6.54 Å². The first-order chi connectivity index (χ1) is 7.34. The average Bonchev–Trinajstić information content (AvgIpc) is 2.39. The minimum Gasteiger partial charge on any atom is -0.333 e. The molecule has 1 heterocycles. The van der Waals surface area contributed by atoms with E-state index in [9.17, 15) is 9.59 Å². The summed E-state index contributed by atoms with van der Waals surface area (Å²) >= 11 is 0. The van der Waals surface area contributed by atoms with Gasteiger partial charge in [-0.15, -0.1) is 0 Å². The fourth-order valence-electron chi connectivity index (χ4n) is 2.03. The average molecular weight is 225 g/mol. The lowest BCUT2D eigenvalue weighted by Gasteiger charge is -2.29. The van der Waals surface area contributed by atoms with Crippen LogP contribution < -0.4 is 0 Å². The number of rotatable bonds is 1. The molecule has 0 radical (unpaired) electrons. The van der Waals surface area contributed by atoms with Crippen molar-refractivity contribution in [1.29, 1.82) is 0 Å². The maximum Gasteiger partial charge on any atom is 0.290 e. The highest BCUT2D eigenvalue weighted by molar-refractivity contribution is 6.37. The third-order valence-corrected chi connectivity index (χ3v) is 3.19. The summed E-state index contributed by atoms with van der Waals surface area (Å²) in [5, 5.41) is 0. The molecule has 1 fully saturated rings. The second kappa shape index (κ2) is 4.98. The molecule has 3 nitrogen and oxygen atoms in total. The molecule has 0 N–H and O–H groups in total. The van der Waals surface area contributed by atoms with Crippen LogP contribution in [0.15, 0.2) is 0 Å². The molecular weight excluding hydrogens is 202 g/mol. The van der Waals surface area contributed by atoms with Crippen LogP contribution in [0.25, 0.3) is 0 Å². The molecule has 0 bridgehead atoms. The van der Waals surface area contributed by atoms with Crippen LogP contribution in [0.2, 0.25) is 0 Å². The molecular formula is C13H23NO2. The molecule has 1 aliphatic heterocycles. The largest absolute Gasteiger partial charge is 0.333 e. The first-order valence-corrected chi connectivity index (χ1v) is 6.19. The number of hydrogen-bond acceptors (Lipinski definition) is 2. The Balaban J connectivity index is 2.75. The second-order valence-corrected chi connectivity index (χ2v) is 5.78. The molecule has 0 aromatic heterocycles. The lowest BCUT2D eigenvalue weighted by Crippen LogP contribution is -2.45. The van der Waals surface area contributed by atoms with Gasteiger partial charge in [-0.1, -0.05) is 33.6 Å². The predicted molar refractivity (Wildman–Crippen MR) is 64.1 cm³/mol. The molecule has 0 saturated carbocycles. The van der Waals surface area contributed by atoms with E-state index in [2.05, 4.69) is 0 Å². The van der Waals surface area contributed by atoms with Gasteiger partial charge in [0.2, 0.25) is 5.78 Å². The third-order valence-electron chi connectivity index (χ3n) is 3.19. The first-order valence-electron chi connectivity index (χ1n) is 6.19. The molecule has 1 saturated heterocycles. The van der Waals surface area contributed by atoms with Crippen molar-refractivity contribution in [1.82, 2.24) is 4.90 Å². The van der Waals surface area contributed by atoms with Gasteiger partial charge in [0.05, 0.1) is 0 Å². The van der Waals surface area contributed by atoms with Gasteiger partial charge < -0.3 is 4.90 Å². The van der Waals surface area contributed by atoms with Gasteiger partial charge in [0.1, 0.15) is 0 Å². The molecule has 1 amide bonds. The molecule has 3 heteroatoms. The van der Waals surface area contributed by atoms with Crippen LogP contribution in [-0.4, -0.2) is 29.2 Å². The highest BCUT2D eigenvalue weighted by Crippen LogP contribution is 2.21. The molecule has 92 valence electrons. The predicted octanol–water partition coefficient (Wildman–Crippen LogP) is 2.39. The van der Waals surface area contributed by atoms with Crippen molar-refractivity contribution in [3.63, 3.8) is 0 Å². The summed E-state index contributed by atoms with van der Waals surface area (Å²) in [6, 6.07) is 0.210. The standard InChI is InChI=1S/C13H23NO2/c1-10-8-6-5-7-9-14(10)12(16)11(15)13(2,3)4/h10H,5-9H2,1-4H3. The van der Waals surface area contributed by atoms with E-state index in [0.29, 0.717) is 0 Å². The fraction of sp³-hybridized carbons (Fsp3) is 0.846. The highest BCUT2D eigenvalue weighted by Gasteiger charge is 2.33. The highest BCUT2D eigenvalue weighted by atomic mass is 16.2. The topological polar surface area (TPSA) is 37.4 Å². The maximum absolute atomic E-state index is 12.1. The van der Waals surface area contributed by atoms with Crippen molar-refractivity contribution in [3.8, 4) is 0 Å². The van der Waals surface area contributed by atoms with Crippen LogP contribution in [0.4, 0.5) is 0 Å². The van der Waals surface area contributed by atoms with Crippen molar-refractivity contribution in [2.24, 2.45) is 5.41 Å². The number of carbonyl (C=O) groups is 2. The molecule has 0 spiro atoms. The molecule has 0 aliphatic carbocycles. The molecule has 1 unspecified atom stereocenters. The first kappa shape index (κ1) is 13.2. The van der Waals surface area contributed by atoms with E-state index in [4.69, 9.17) is 0 Å². The number of Topliss-reactive ketones (excluding diaryl/α,β-unsaturated/α-hetero) is 1. The van der Waals surface area contributed by atoms with Gasteiger partial charge in [-0.2, -0.15) is 0 Å². The Morgan fingerprint density at radius 2 is 1.75 bits per heavy atom. The Kier molecular flexibility index (Phi) is 4.11. The van der Waals surface area contributed by atoms with Gasteiger partial charge in [-0.3, -0.25) is 9.59 Å². The van der Waals surface area contributed by atoms with Crippen LogP contribution in [0.5, 0.6) is 0 Å². The van der Waals surface area contributed by atoms with Gasteiger partial charge in [-0.05, 0) is 19.8 Å². The van der Waals surface area contributed by atoms with Gasteiger partial charge >= 0.3 is 0 Å². The number of hydrogen-bond donors (Lipinski definition) is 0. The minimum atomic E-state index is -0.566. The van der Waals surface area contributed by atoms with Crippen molar-refractivity contribution < 1.29 is 9.59 Å². The van der Waals surface area contributed by atoms with E-state index in [1.54, 1.807) is 25.7 Å². The van der Waals surface area contributed by atoms with Gasteiger partial charge in [-0.25, -0.2) is 0 Å². The minimum absolute atomic E-state index is 0.210. The van der Waals surface area contributed by atoms with Crippen molar-refractivity contribution >= 4 is 11.7 Å². The van der Waals surface area contributed by atoms with Crippen molar-refractivity contribution in [2.45, 2.75) is 59.4 Å². The van der Waals surface area contributed by atoms with Crippen LogP contribution in [0.3, 0.4) is 0 Å². The van der Waals surface area contributed by atoms with E-state index < -0.39 is 5.41 Å². The summed E-state index contributed by atoms with van der Waals surface area (Å²) in [6.07, 6.45) is 4.36. The Morgan fingerprint density at radius 1 is 1.12 bits per heavy atom. The zero-order valence-corrected chi connectivity index (χ0v) is 10.9. The summed E-state index contributed by atoms with van der Waals surface area (Å²) in [5.41, 5.74) is -0.566. The lowest BCUT2D eigenvalue weighted by molar-refractivity contribution is -0.150. The van der Waals surface area contributed by atoms with Gasteiger partial charge in [0.25, 0.3) is 5.91 Å². The Morgan fingerprint density at radius 3 is 2.31 bits per heavy atom. The monoisotopic (exact) mass is 225 g/mol. The third kappa shape index (κ3) is 3.06. The second-order valence-electron chi connectivity index (χ2n) is 5.78. The van der Waals surface area contributed by atoms with Crippen molar-refractivity contribution in [3.05, 3.63) is 0 Å². The molecule has 0 aromatic carbocycles. The zero-order valence-electron chi connectivity index (χ0n) is 10.9.